The molecule has 0 aliphatic heterocycles. The van der Waals surface area contributed by atoms with E-state index in [-0.39, 0.29) is 11.6 Å². The fraction of sp³-hybridized carbons (Fsp3) is 0.500. The highest BCUT2D eigenvalue weighted by Gasteiger charge is 2.23. The second kappa shape index (κ2) is 7.58. The zero-order valence-corrected chi connectivity index (χ0v) is 13.8. The van der Waals surface area contributed by atoms with Crippen molar-refractivity contribution in [2.24, 2.45) is 5.92 Å². The SMILES string of the molecule is CSc1ncc(Br)c(C(=O)N[C@@H](CC(C)C)C(=O)O)n1. The molecule has 0 fully saturated rings. The van der Waals surface area contributed by atoms with Crippen molar-refractivity contribution in [2.45, 2.75) is 31.5 Å². The average molecular weight is 362 g/mol. The third-order valence-corrected chi connectivity index (χ3v) is 3.57. The number of aromatic nitrogens is 2. The highest BCUT2D eigenvalue weighted by molar-refractivity contribution is 9.10. The molecule has 0 spiro atoms. The number of aliphatic carboxylic acids is 1. The van der Waals surface area contributed by atoms with Gasteiger partial charge in [0.2, 0.25) is 0 Å². The number of halogens is 1. The first kappa shape index (κ1) is 16.9. The van der Waals surface area contributed by atoms with Gasteiger partial charge < -0.3 is 10.4 Å². The van der Waals surface area contributed by atoms with Crippen LogP contribution in [0.1, 0.15) is 30.8 Å². The first-order valence-electron chi connectivity index (χ1n) is 5.95. The summed E-state index contributed by atoms with van der Waals surface area (Å²) < 4.78 is 0.432. The molecular formula is C12H16BrN3O3S. The minimum Gasteiger partial charge on any atom is -0.480 e. The van der Waals surface area contributed by atoms with Crippen molar-refractivity contribution in [3.8, 4) is 0 Å². The lowest BCUT2D eigenvalue weighted by molar-refractivity contribution is -0.139. The molecule has 1 aromatic rings. The summed E-state index contributed by atoms with van der Waals surface area (Å²) in [5.74, 6) is -1.42. The summed E-state index contributed by atoms with van der Waals surface area (Å²) in [5, 5.41) is 12.1. The molecule has 0 aliphatic rings. The topological polar surface area (TPSA) is 92.2 Å². The largest absolute Gasteiger partial charge is 0.480 e. The quantitative estimate of drug-likeness (QED) is 0.595. The normalized spacial score (nSPS) is 12.2. The van der Waals surface area contributed by atoms with E-state index in [0.717, 1.165) is 0 Å². The molecule has 0 saturated heterocycles. The minimum atomic E-state index is -1.05. The van der Waals surface area contributed by atoms with Crippen LogP contribution in [0.25, 0.3) is 0 Å². The lowest BCUT2D eigenvalue weighted by Gasteiger charge is -2.16. The van der Waals surface area contributed by atoms with Gasteiger partial charge in [0.1, 0.15) is 11.7 Å². The van der Waals surface area contributed by atoms with Crippen LogP contribution in [-0.2, 0) is 4.79 Å². The standard InChI is InChI=1S/C12H16BrN3O3S/c1-6(2)4-8(11(18)19)15-10(17)9-7(13)5-14-12(16-9)20-3/h5-6,8H,4H2,1-3H3,(H,15,17)(H,18,19)/t8-/m0/s1. The fourth-order valence-corrected chi connectivity index (χ4v) is 2.24. The molecule has 8 heteroatoms. The maximum atomic E-state index is 12.1. The van der Waals surface area contributed by atoms with Crippen LogP contribution in [-0.4, -0.2) is 39.2 Å². The molecule has 110 valence electrons. The Kier molecular flexibility index (Phi) is 6.41. The van der Waals surface area contributed by atoms with Gasteiger partial charge in [-0.05, 0) is 34.5 Å². The van der Waals surface area contributed by atoms with Crippen LogP contribution >= 0.6 is 27.7 Å². The number of carboxylic acid groups (broad SMARTS) is 1. The van der Waals surface area contributed by atoms with Crippen molar-refractivity contribution in [1.29, 1.82) is 0 Å². The summed E-state index contributed by atoms with van der Waals surface area (Å²) in [7, 11) is 0. The van der Waals surface area contributed by atoms with Crippen molar-refractivity contribution in [3.63, 3.8) is 0 Å². The van der Waals surface area contributed by atoms with Crippen molar-refractivity contribution in [3.05, 3.63) is 16.4 Å². The van der Waals surface area contributed by atoms with Gasteiger partial charge >= 0.3 is 5.97 Å². The minimum absolute atomic E-state index is 0.138. The highest BCUT2D eigenvalue weighted by atomic mass is 79.9. The molecular weight excluding hydrogens is 346 g/mol. The fourth-order valence-electron chi connectivity index (χ4n) is 1.53. The molecule has 0 unspecified atom stereocenters. The van der Waals surface area contributed by atoms with Gasteiger partial charge in [-0.15, -0.1) is 0 Å². The van der Waals surface area contributed by atoms with Crippen LogP contribution in [0.3, 0.4) is 0 Å². The molecule has 20 heavy (non-hydrogen) atoms. The van der Waals surface area contributed by atoms with Gasteiger partial charge in [0.05, 0.1) is 4.47 Å². The number of carbonyl (C=O) groups is 2. The van der Waals surface area contributed by atoms with Gasteiger partial charge in [-0.2, -0.15) is 0 Å². The zero-order chi connectivity index (χ0) is 15.3. The Morgan fingerprint density at radius 3 is 2.65 bits per heavy atom. The summed E-state index contributed by atoms with van der Waals surface area (Å²) in [6, 6.07) is -0.929. The van der Waals surface area contributed by atoms with E-state index < -0.39 is 17.9 Å². The number of hydrogen-bond acceptors (Lipinski definition) is 5. The van der Waals surface area contributed by atoms with E-state index in [2.05, 4.69) is 31.2 Å². The summed E-state index contributed by atoms with van der Waals surface area (Å²) in [6.07, 6.45) is 3.63. The third kappa shape index (κ3) is 4.75. The molecule has 0 radical (unpaired) electrons. The number of carboxylic acids is 1. The van der Waals surface area contributed by atoms with E-state index >= 15 is 0 Å². The molecule has 0 saturated carbocycles. The van der Waals surface area contributed by atoms with E-state index in [1.807, 2.05) is 13.8 Å². The maximum absolute atomic E-state index is 12.1. The van der Waals surface area contributed by atoms with Gasteiger partial charge in [-0.3, -0.25) is 4.79 Å². The van der Waals surface area contributed by atoms with Crippen molar-refractivity contribution in [1.82, 2.24) is 15.3 Å². The zero-order valence-electron chi connectivity index (χ0n) is 11.4. The number of hydrogen-bond donors (Lipinski definition) is 2. The Labute approximate surface area is 129 Å². The number of carbonyl (C=O) groups excluding carboxylic acids is 1. The van der Waals surface area contributed by atoms with E-state index in [9.17, 15) is 9.59 Å². The Morgan fingerprint density at radius 1 is 1.50 bits per heavy atom. The summed E-state index contributed by atoms with van der Waals surface area (Å²) in [5.41, 5.74) is 0.138. The molecule has 1 aromatic heterocycles. The van der Waals surface area contributed by atoms with E-state index in [1.165, 1.54) is 18.0 Å². The maximum Gasteiger partial charge on any atom is 0.326 e. The number of nitrogens with zero attached hydrogens (tertiary/aromatic N) is 2. The average Bonchev–Trinajstić information content (AvgIpc) is 2.37. The molecule has 1 heterocycles. The van der Waals surface area contributed by atoms with Crippen LogP contribution in [0.4, 0.5) is 0 Å². The van der Waals surface area contributed by atoms with Gasteiger partial charge in [0.25, 0.3) is 5.91 Å². The van der Waals surface area contributed by atoms with Gasteiger partial charge in [-0.25, -0.2) is 14.8 Å². The molecule has 0 aromatic carbocycles. The molecule has 2 N–H and O–H groups in total. The Hall–Kier alpha value is -1.15. The number of rotatable bonds is 6. The van der Waals surface area contributed by atoms with Crippen LogP contribution in [0.15, 0.2) is 15.8 Å². The highest BCUT2D eigenvalue weighted by Crippen LogP contribution is 2.17. The molecule has 6 nitrogen and oxygen atoms in total. The van der Waals surface area contributed by atoms with Crippen LogP contribution < -0.4 is 5.32 Å². The number of thioether (sulfide) groups is 1. The lowest BCUT2D eigenvalue weighted by Crippen LogP contribution is -2.42. The van der Waals surface area contributed by atoms with E-state index in [4.69, 9.17) is 5.11 Å². The summed E-state index contributed by atoms with van der Waals surface area (Å²) >= 11 is 4.50. The van der Waals surface area contributed by atoms with Gasteiger partial charge in [0, 0.05) is 6.20 Å². The molecule has 1 atom stereocenters. The Balaban J connectivity index is 2.91. The van der Waals surface area contributed by atoms with Crippen molar-refractivity contribution in [2.75, 3.05) is 6.26 Å². The molecule has 0 aliphatic carbocycles. The van der Waals surface area contributed by atoms with Crippen LogP contribution in [0, 0.1) is 5.92 Å². The molecule has 1 amide bonds. The second-order valence-electron chi connectivity index (χ2n) is 4.55. The summed E-state index contributed by atoms with van der Waals surface area (Å²) in [6.45, 7) is 3.79. The van der Waals surface area contributed by atoms with Gasteiger partial charge in [0.15, 0.2) is 5.16 Å². The lowest BCUT2D eigenvalue weighted by atomic mass is 10.0. The Morgan fingerprint density at radius 2 is 2.15 bits per heavy atom. The Bertz CT molecular complexity index is 511. The number of nitrogens with one attached hydrogen (secondary N) is 1. The first-order valence-corrected chi connectivity index (χ1v) is 7.97. The molecule has 1 rings (SSSR count). The van der Waals surface area contributed by atoms with Gasteiger partial charge in [-0.1, -0.05) is 25.6 Å². The molecule has 0 bridgehead atoms. The van der Waals surface area contributed by atoms with Crippen LogP contribution in [0.2, 0.25) is 0 Å². The smallest absolute Gasteiger partial charge is 0.326 e. The van der Waals surface area contributed by atoms with E-state index in [1.54, 1.807) is 6.26 Å². The predicted molar refractivity (Wildman–Crippen MR) is 79.9 cm³/mol. The van der Waals surface area contributed by atoms with Crippen LogP contribution in [0.5, 0.6) is 0 Å². The summed E-state index contributed by atoms with van der Waals surface area (Å²) in [4.78, 5) is 31.4. The monoisotopic (exact) mass is 361 g/mol. The second-order valence-corrected chi connectivity index (χ2v) is 6.17. The predicted octanol–water partition coefficient (Wildman–Crippen LogP) is 2.19. The van der Waals surface area contributed by atoms with Crippen molar-refractivity contribution >= 4 is 39.6 Å². The first-order chi connectivity index (χ1) is 9.35. The van der Waals surface area contributed by atoms with E-state index in [0.29, 0.717) is 16.0 Å². The number of amides is 1. The third-order valence-electron chi connectivity index (χ3n) is 2.43. The van der Waals surface area contributed by atoms with Crippen molar-refractivity contribution < 1.29 is 14.7 Å².